The maximum absolute atomic E-state index is 12.8. The van der Waals surface area contributed by atoms with Gasteiger partial charge in [-0.05, 0) is 120 Å². The van der Waals surface area contributed by atoms with Gasteiger partial charge < -0.3 is 10.2 Å². The molecule has 9 rings (SSSR count). The molecule has 0 aliphatic carbocycles. The van der Waals surface area contributed by atoms with E-state index in [-0.39, 0.29) is 11.5 Å². The van der Waals surface area contributed by atoms with Crippen molar-refractivity contribution < 1.29 is 10.2 Å². The van der Waals surface area contributed by atoms with Gasteiger partial charge in [-0.3, -0.25) is 0 Å². The van der Waals surface area contributed by atoms with Crippen LogP contribution in [0.3, 0.4) is 0 Å². The Kier molecular flexibility index (Phi) is 9.82. The lowest BCUT2D eigenvalue weighted by Crippen LogP contribution is -1.93. The van der Waals surface area contributed by atoms with Crippen molar-refractivity contribution >= 4 is 27.6 Å². The molecule has 0 aliphatic heterocycles. The van der Waals surface area contributed by atoms with Gasteiger partial charge in [0.15, 0.2) is 0 Å². The minimum Gasteiger partial charge on any atom is -0.507 e. The van der Waals surface area contributed by atoms with Crippen LogP contribution in [-0.2, 0) is 0 Å². The van der Waals surface area contributed by atoms with Crippen LogP contribution in [0.1, 0.15) is 5.56 Å². The first-order valence-electron chi connectivity index (χ1n) is 19.5. The molecular formula is C56H40O2. The van der Waals surface area contributed by atoms with Gasteiger partial charge in [0.1, 0.15) is 11.5 Å². The van der Waals surface area contributed by atoms with E-state index in [4.69, 9.17) is 0 Å². The fraction of sp³-hybridized carbons (Fsp3) is 0. The van der Waals surface area contributed by atoms with Gasteiger partial charge >= 0.3 is 0 Å². The average Bonchev–Trinajstić information content (AvgIpc) is 3.28. The van der Waals surface area contributed by atoms with Crippen LogP contribution in [0.4, 0.5) is 0 Å². The molecule has 2 heteroatoms. The number of allylic oxidation sites excluding steroid dienone is 4. The second-order valence-corrected chi connectivity index (χ2v) is 14.5. The molecule has 0 spiro atoms. The average molecular weight is 745 g/mol. The first-order valence-corrected chi connectivity index (χ1v) is 19.5. The number of fused-ring (bicyclic) bond motifs is 2. The Labute approximate surface area is 339 Å². The van der Waals surface area contributed by atoms with E-state index in [2.05, 4.69) is 110 Å². The van der Waals surface area contributed by atoms with Gasteiger partial charge in [-0.15, -0.1) is 0 Å². The lowest BCUT2D eigenvalue weighted by Gasteiger charge is -2.20. The Hall–Kier alpha value is -7.68. The van der Waals surface area contributed by atoms with Gasteiger partial charge in [0.05, 0.1) is 0 Å². The van der Waals surface area contributed by atoms with Crippen molar-refractivity contribution in [2.45, 2.75) is 0 Å². The normalized spacial score (nSPS) is 11.5. The predicted octanol–water partition coefficient (Wildman–Crippen LogP) is 15.2. The number of phenols is 2. The monoisotopic (exact) mass is 744 g/mol. The maximum Gasteiger partial charge on any atom is 0.132 e. The van der Waals surface area contributed by atoms with E-state index < -0.39 is 0 Å². The quantitative estimate of drug-likeness (QED) is 0.145. The van der Waals surface area contributed by atoms with E-state index in [1.165, 1.54) is 0 Å². The van der Waals surface area contributed by atoms with Gasteiger partial charge in [-0.1, -0.05) is 176 Å². The topological polar surface area (TPSA) is 40.5 Å². The standard InChI is InChI=1S/C56H40O2/c1-2-3-4-8-19-38-30-44(39-20-9-5-10-21-39)33-47(31-38)51-36-42-26-15-17-28-49(42)53(55(51)57)54-50-29-18-16-27-43(50)37-52(56(54)58)48-34-45(40-22-11-6-12-23-40)32-46(35-48)41-24-13-7-14-25-41/h2-37,57-58H,1H2. The first kappa shape index (κ1) is 36.0. The first-order chi connectivity index (χ1) is 28.6. The molecule has 0 atom stereocenters. The summed E-state index contributed by atoms with van der Waals surface area (Å²) < 4.78 is 0. The highest BCUT2D eigenvalue weighted by atomic mass is 16.3. The van der Waals surface area contributed by atoms with Crippen LogP contribution < -0.4 is 0 Å². The molecule has 0 aliphatic rings. The maximum atomic E-state index is 12.8. The van der Waals surface area contributed by atoms with E-state index in [9.17, 15) is 10.2 Å². The highest BCUT2D eigenvalue weighted by Crippen LogP contribution is 2.52. The van der Waals surface area contributed by atoms with Gasteiger partial charge in [0, 0.05) is 22.3 Å². The molecule has 0 heterocycles. The summed E-state index contributed by atoms with van der Waals surface area (Å²) in [5, 5.41) is 29.2. The molecule has 0 unspecified atom stereocenters. The van der Waals surface area contributed by atoms with Gasteiger partial charge in [0.25, 0.3) is 0 Å². The second-order valence-electron chi connectivity index (χ2n) is 14.5. The van der Waals surface area contributed by atoms with Gasteiger partial charge in [0.2, 0.25) is 0 Å². The minimum atomic E-state index is 0.103. The molecular weight excluding hydrogens is 705 g/mol. The van der Waals surface area contributed by atoms with Gasteiger partial charge in [-0.2, -0.15) is 0 Å². The van der Waals surface area contributed by atoms with Crippen molar-refractivity contribution in [3.63, 3.8) is 0 Å². The fourth-order valence-electron chi connectivity index (χ4n) is 8.01. The van der Waals surface area contributed by atoms with Crippen molar-refractivity contribution in [3.8, 4) is 78.3 Å². The second kappa shape index (κ2) is 15.8. The van der Waals surface area contributed by atoms with Crippen molar-refractivity contribution in [3.05, 3.63) is 225 Å². The summed E-state index contributed by atoms with van der Waals surface area (Å²) in [4.78, 5) is 0. The Morgan fingerprint density at radius 1 is 0.345 bits per heavy atom. The summed E-state index contributed by atoms with van der Waals surface area (Å²) >= 11 is 0. The van der Waals surface area contributed by atoms with E-state index in [0.717, 1.165) is 71.6 Å². The highest BCUT2D eigenvalue weighted by Gasteiger charge is 2.24. The molecule has 9 aromatic carbocycles. The summed E-state index contributed by atoms with van der Waals surface area (Å²) in [6.45, 7) is 3.79. The highest BCUT2D eigenvalue weighted by molar-refractivity contribution is 6.14. The molecule has 0 radical (unpaired) electrons. The van der Waals surface area contributed by atoms with E-state index in [0.29, 0.717) is 22.3 Å². The van der Waals surface area contributed by atoms with Crippen LogP contribution in [0.15, 0.2) is 219 Å². The van der Waals surface area contributed by atoms with Crippen LogP contribution in [0.5, 0.6) is 11.5 Å². The molecule has 0 amide bonds. The minimum absolute atomic E-state index is 0.103. The Morgan fingerprint density at radius 3 is 1.19 bits per heavy atom. The zero-order valence-corrected chi connectivity index (χ0v) is 31.9. The van der Waals surface area contributed by atoms with E-state index >= 15 is 0 Å². The number of rotatable bonds is 9. The number of aromatic hydroxyl groups is 2. The van der Waals surface area contributed by atoms with Crippen LogP contribution >= 0.6 is 0 Å². The lowest BCUT2D eigenvalue weighted by atomic mass is 9.85. The molecule has 0 bridgehead atoms. The number of hydrogen-bond acceptors (Lipinski definition) is 2. The fourth-order valence-corrected chi connectivity index (χ4v) is 8.01. The molecule has 2 N–H and O–H groups in total. The van der Waals surface area contributed by atoms with Crippen LogP contribution in [0.2, 0.25) is 0 Å². The molecule has 9 aromatic rings. The zero-order chi connectivity index (χ0) is 39.4. The van der Waals surface area contributed by atoms with E-state index in [1.54, 1.807) is 6.08 Å². The summed E-state index contributed by atoms with van der Waals surface area (Å²) in [6.07, 6.45) is 9.65. The van der Waals surface area contributed by atoms with Gasteiger partial charge in [-0.25, -0.2) is 0 Å². The lowest BCUT2D eigenvalue weighted by molar-refractivity contribution is 0.472. The number of phenolic OH excluding ortho intramolecular Hbond substituents is 2. The molecule has 0 fully saturated rings. The Bertz CT molecular complexity index is 2950. The molecule has 2 nitrogen and oxygen atoms in total. The third-order valence-electron chi connectivity index (χ3n) is 10.8. The van der Waals surface area contributed by atoms with Crippen molar-refractivity contribution in [2.75, 3.05) is 0 Å². The summed E-state index contributed by atoms with van der Waals surface area (Å²) in [7, 11) is 0. The zero-order valence-electron chi connectivity index (χ0n) is 31.9. The van der Waals surface area contributed by atoms with Crippen LogP contribution in [0.25, 0.3) is 94.4 Å². The van der Waals surface area contributed by atoms with Crippen molar-refractivity contribution in [1.29, 1.82) is 0 Å². The predicted molar refractivity (Wildman–Crippen MR) is 246 cm³/mol. The van der Waals surface area contributed by atoms with E-state index in [1.807, 2.05) is 109 Å². The summed E-state index contributed by atoms with van der Waals surface area (Å²) in [5.74, 6) is 0.210. The molecule has 276 valence electrons. The largest absolute Gasteiger partial charge is 0.507 e. The number of hydrogen-bond donors (Lipinski definition) is 2. The molecule has 0 saturated carbocycles. The molecule has 0 aromatic heterocycles. The Balaban J connectivity index is 1.32. The SMILES string of the molecule is C=CC=CC=Cc1cc(-c2ccccc2)cc(-c2cc3ccccc3c(-c3c(O)c(-c4cc(-c5ccccc5)cc(-c5ccccc5)c4)cc4ccccc34)c2O)c1. The Morgan fingerprint density at radius 2 is 0.724 bits per heavy atom. The third kappa shape index (κ3) is 7.00. The molecule has 58 heavy (non-hydrogen) atoms. The van der Waals surface area contributed by atoms with Crippen molar-refractivity contribution in [2.24, 2.45) is 0 Å². The van der Waals surface area contributed by atoms with Crippen molar-refractivity contribution in [1.82, 2.24) is 0 Å². The summed E-state index contributed by atoms with van der Waals surface area (Å²) in [6, 6.07) is 64.2. The smallest absolute Gasteiger partial charge is 0.132 e. The third-order valence-corrected chi connectivity index (χ3v) is 10.8. The number of benzene rings is 9. The molecule has 0 saturated heterocycles. The van der Waals surface area contributed by atoms with Crippen LogP contribution in [-0.4, -0.2) is 10.2 Å². The summed E-state index contributed by atoms with van der Waals surface area (Å²) in [5.41, 5.74) is 11.6. The van der Waals surface area contributed by atoms with Crippen LogP contribution in [0, 0.1) is 0 Å².